The second kappa shape index (κ2) is 18.6. The molecule has 0 amide bonds. The Morgan fingerprint density at radius 3 is 1.05 bits per heavy atom. The van der Waals surface area contributed by atoms with Crippen LogP contribution >= 0.6 is 0 Å². The zero-order valence-electron chi connectivity index (χ0n) is 30.9. The second-order valence-corrected chi connectivity index (χ2v) is 13.5. The Kier molecular flexibility index (Phi) is 14.3. The summed E-state index contributed by atoms with van der Waals surface area (Å²) in [7, 11) is 1.82. The van der Waals surface area contributed by atoms with Crippen molar-refractivity contribution in [3.8, 4) is 23.0 Å². The summed E-state index contributed by atoms with van der Waals surface area (Å²) >= 11 is 0. The molecule has 17 heteroatoms. The number of methoxy groups -OCH3 is 4. The van der Waals surface area contributed by atoms with Gasteiger partial charge in [0, 0.05) is 46.5 Å². The molecular weight excluding hydrogens is 733 g/mol. The molecule has 6 rings (SSSR count). The van der Waals surface area contributed by atoms with Gasteiger partial charge in [0.15, 0.2) is 11.9 Å². The number of fused-ring (bicyclic) bond motifs is 2. The molecule has 0 saturated heterocycles. The van der Waals surface area contributed by atoms with E-state index in [0.29, 0.717) is 25.7 Å². The third-order valence-electron chi connectivity index (χ3n) is 9.36. The molecule has 4 atom stereocenters. The maximum Gasteiger partial charge on any atom is 0.394 e. The van der Waals surface area contributed by atoms with Crippen LogP contribution in [0.2, 0.25) is 0 Å². The highest BCUT2D eigenvalue weighted by Gasteiger charge is 2.37. The van der Waals surface area contributed by atoms with E-state index in [1.54, 1.807) is 38.2 Å². The van der Waals surface area contributed by atoms with E-state index in [2.05, 4.69) is 0 Å². The van der Waals surface area contributed by atoms with E-state index in [-0.39, 0.29) is 24.0 Å². The maximum absolute atomic E-state index is 10.8. The third-order valence-corrected chi connectivity index (χ3v) is 9.36. The molecule has 0 saturated carbocycles. The SMILES string of the molecule is COc1ccc(OC)c2c1CC(O)C(N(C(=N)N)c1ccccc1)C2.COc1ccc(OC)c2c1CC(O)C(N(C(=N)N)c1ccccc1)C2.O=S(=O)(O)O. The molecular formula is C38H48N6O10S. The van der Waals surface area contributed by atoms with Crippen molar-refractivity contribution in [2.75, 3.05) is 38.2 Å². The fourth-order valence-electron chi connectivity index (χ4n) is 7.06. The summed E-state index contributed by atoms with van der Waals surface area (Å²) in [5.41, 5.74) is 17.1. The van der Waals surface area contributed by atoms with Crippen LogP contribution in [0.15, 0.2) is 84.9 Å². The Hall–Kier alpha value is -5.59. The van der Waals surface area contributed by atoms with Crippen molar-refractivity contribution >= 4 is 33.7 Å². The lowest BCUT2D eigenvalue weighted by Gasteiger charge is -2.39. The second-order valence-electron chi connectivity index (χ2n) is 12.6. The first kappa shape index (κ1) is 42.2. The van der Waals surface area contributed by atoms with Gasteiger partial charge in [0.2, 0.25) is 0 Å². The number of anilines is 2. The highest BCUT2D eigenvalue weighted by atomic mass is 32.3. The van der Waals surface area contributed by atoms with Crippen LogP contribution in [-0.4, -0.2) is 92.4 Å². The normalized spacial score (nSPS) is 18.3. The Morgan fingerprint density at radius 2 is 0.818 bits per heavy atom. The Bertz CT molecular complexity index is 1900. The van der Waals surface area contributed by atoms with Gasteiger partial charge < -0.3 is 50.4 Å². The minimum Gasteiger partial charge on any atom is -0.496 e. The zero-order chi connectivity index (χ0) is 40.4. The van der Waals surface area contributed by atoms with Crippen LogP contribution in [0.5, 0.6) is 23.0 Å². The first-order valence-corrected chi connectivity index (χ1v) is 18.4. The van der Waals surface area contributed by atoms with Gasteiger partial charge in [0.05, 0.1) is 52.7 Å². The molecule has 16 nitrogen and oxygen atoms in total. The first-order valence-electron chi connectivity index (χ1n) is 17.0. The summed E-state index contributed by atoms with van der Waals surface area (Å²) in [5.74, 6) is 2.79. The van der Waals surface area contributed by atoms with Gasteiger partial charge in [-0.25, -0.2) is 0 Å². The molecule has 2 aliphatic rings. The molecule has 0 spiro atoms. The van der Waals surface area contributed by atoms with E-state index < -0.39 is 22.6 Å². The average molecular weight is 781 g/mol. The number of aliphatic hydroxyl groups is 2. The number of hydrogen-bond donors (Lipinski definition) is 8. The predicted molar refractivity (Wildman–Crippen MR) is 209 cm³/mol. The molecule has 0 aliphatic heterocycles. The van der Waals surface area contributed by atoms with Crippen LogP contribution in [-0.2, 0) is 36.1 Å². The van der Waals surface area contributed by atoms with Crippen LogP contribution in [0.3, 0.4) is 0 Å². The highest BCUT2D eigenvalue weighted by Crippen LogP contribution is 2.40. The van der Waals surface area contributed by atoms with Gasteiger partial charge in [0.25, 0.3) is 0 Å². The van der Waals surface area contributed by atoms with Crippen molar-refractivity contribution in [3.63, 3.8) is 0 Å². The molecule has 0 heterocycles. The first-order chi connectivity index (χ1) is 26.1. The van der Waals surface area contributed by atoms with Gasteiger partial charge in [-0.1, -0.05) is 36.4 Å². The smallest absolute Gasteiger partial charge is 0.394 e. The lowest BCUT2D eigenvalue weighted by molar-refractivity contribution is 0.135. The molecule has 0 fully saturated rings. The number of nitrogens with zero attached hydrogens (tertiary/aromatic N) is 2. The van der Waals surface area contributed by atoms with Crippen molar-refractivity contribution < 1.29 is 46.7 Å². The average Bonchev–Trinajstić information content (AvgIpc) is 3.15. The fraction of sp³-hybridized carbons (Fsp3) is 0.316. The Balaban J connectivity index is 0.000000218. The molecule has 10 N–H and O–H groups in total. The van der Waals surface area contributed by atoms with Crippen LogP contribution in [0, 0.1) is 10.8 Å². The number of hydrogen-bond acceptors (Lipinski definition) is 10. The predicted octanol–water partition coefficient (Wildman–Crippen LogP) is 3.21. The standard InChI is InChI=1S/2C19H23N3O3.H2O4S/c2*1-24-17-8-9-18(25-2)14-11-16(23)15(10-13(14)17)22(19(20)21)12-6-4-3-5-7-12;1-5(2,3)4/h2*3-9,15-16,23H,10-11H2,1-2H3,(H3,20,21);(H2,1,2,3,4). The van der Waals surface area contributed by atoms with E-state index in [1.807, 2.05) is 84.9 Å². The molecule has 2 aliphatic carbocycles. The van der Waals surface area contributed by atoms with Gasteiger partial charge in [0.1, 0.15) is 23.0 Å². The lowest BCUT2D eigenvalue weighted by atomic mass is 9.84. The number of aliphatic hydroxyl groups excluding tert-OH is 2. The van der Waals surface area contributed by atoms with E-state index in [0.717, 1.165) is 56.6 Å². The molecule has 4 aromatic carbocycles. The van der Waals surface area contributed by atoms with Crippen LogP contribution in [0.1, 0.15) is 22.3 Å². The minimum absolute atomic E-state index is 0.0967. The summed E-state index contributed by atoms with van der Waals surface area (Å²) in [5, 5.41) is 37.6. The fourth-order valence-corrected chi connectivity index (χ4v) is 7.06. The van der Waals surface area contributed by atoms with Crippen LogP contribution < -0.4 is 40.2 Å². The van der Waals surface area contributed by atoms with Gasteiger partial charge in [-0.3, -0.25) is 19.9 Å². The Labute approximate surface area is 320 Å². The summed E-state index contributed by atoms with van der Waals surface area (Å²) in [6.07, 6.45) is 0.472. The van der Waals surface area contributed by atoms with Crippen molar-refractivity contribution in [2.24, 2.45) is 11.5 Å². The van der Waals surface area contributed by atoms with E-state index >= 15 is 0 Å². The largest absolute Gasteiger partial charge is 0.496 e. The maximum atomic E-state index is 10.8. The topological polar surface area (TPSA) is 258 Å². The van der Waals surface area contributed by atoms with Gasteiger partial charge in [-0.05, 0) is 61.4 Å². The molecule has 55 heavy (non-hydrogen) atoms. The summed E-state index contributed by atoms with van der Waals surface area (Å²) < 4.78 is 53.5. The van der Waals surface area contributed by atoms with E-state index in [9.17, 15) is 10.2 Å². The van der Waals surface area contributed by atoms with Crippen LogP contribution in [0.25, 0.3) is 0 Å². The molecule has 0 bridgehead atoms. The van der Waals surface area contributed by atoms with E-state index in [1.165, 1.54) is 0 Å². The quantitative estimate of drug-likeness (QED) is 0.0726. The zero-order valence-corrected chi connectivity index (χ0v) is 31.7. The van der Waals surface area contributed by atoms with Gasteiger partial charge in [-0.15, -0.1) is 0 Å². The van der Waals surface area contributed by atoms with Crippen molar-refractivity contribution in [2.45, 2.75) is 50.0 Å². The number of rotatable bonds is 8. The van der Waals surface area contributed by atoms with Crippen molar-refractivity contribution in [3.05, 3.63) is 107 Å². The van der Waals surface area contributed by atoms with Gasteiger partial charge in [-0.2, -0.15) is 8.42 Å². The number of guanidine groups is 2. The number of para-hydroxylation sites is 2. The Morgan fingerprint density at radius 1 is 0.564 bits per heavy atom. The molecule has 0 aromatic heterocycles. The molecule has 4 unspecified atom stereocenters. The minimum atomic E-state index is -4.67. The number of nitrogens with two attached hydrogens (primary N) is 2. The number of nitrogens with one attached hydrogen (secondary N) is 2. The van der Waals surface area contributed by atoms with Crippen molar-refractivity contribution in [1.29, 1.82) is 10.8 Å². The lowest BCUT2D eigenvalue weighted by Crippen LogP contribution is -2.53. The molecule has 296 valence electrons. The summed E-state index contributed by atoms with van der Waals surface area (Å²) in [4.78, 5) is 3.35. The highest BCUT2D eigenvalue weighted by molar-refractivity contribution is 7.79. The molecule has 0 radical (unpaired) electrons. The monoisotopic (exact) mass is 780 g/mol. The van der Waals surface area contributed by atoms with Crippen LogP contribution in [0.4, 0.5) is 11.4 Å². The molecule has 4 aromatic rings. The number of benzene rings is 4. The van der Waals surface area contributed by atoms with Gasteiger partial charge >= 0.3 is 10.4 Å². The summed E-state index contributed by atoms with van der Waals surface area (Å²) in [6, 6.07) is 25.6. The van der Waals surface area contributed by atoms with E-state index in [4.69, 9.17) is 58.8 Å². The number of ether oxygens (including phenoxy) is 4. The third kappa shape index (κ3) is 10.3. The summed E-state index contributed by atoms with van der Waals surface area (Å²) in [6.45, 7) is 0. The van der Waals surface area contributed by atoms with Crippen molar-refractivity contribution in [1.82, 2.24) is 0 Å².